The van der Waals surface area contributed by atoms with Crippen molar-refractivity contribution in [1.29, 1.82) is 0 Å². The van der Waals surface area contributed by atoms with Gasteiger partial charge in [-0.3, -0.25) is 4.79 Å². The topological polar surface area (TPSA) is 81.4 Å². The van der Waals surface area contributed by atoms with Gasteiger partial charge in [-0.05, 0) is 24.1 Å². The van der Waals surface area contributed by atoms with Gasteiger partial charge >= 0.3 is 8.69 Å². The predicted molar refractivity (Wildman–Crippen MR) is 69.6 cm³/mol. The van der Waals surface area contributed by atoms with Crippen LogP contribution in [-0.2, 0) is 15.8 Å². The average Bonchev–Trinajstić information content (AvgIpc) is 2.38. The fourth-order valence-electron chi connectivity index (χ4n) is 1.38. The molecule has 0 aliphatic heterocycles. The molecule has 0 aliphatic rings. The molecule has 0 aromatic heterocycles. The molecule has 1 aromatic carbocycles. The molecule has 0 bridgehead atoms. The molecule has 6 heteroatoms. The lowest BCUT2D eigenvalue weighted by molar-refractivity contribution is -0.122. The maximum absolute atomic E-state index is 11.5. The molecule has 0 radical (unpaired) electrons. The number of rotatable bonds is 7. The van der Waals surface area contributed by atoms with Crippen LogP contribution in [0.2, 0.25) is 0 Å². The molecule has 0 saturated heterocycles. The van der Waals surface area contributed by atoms with Gasteiger partial charge in [0.2, 0.25) is 5.91 Å². The zero-order chi connectivity index (χ0) is 13.4. The smallest absolute Gasteiger partial charge is 0.395 e. The number of benzene rings is 1. The molecular weight excluding hydrogens is 251 g/mol. The lowest BCUT2D eigenvalue weighted by Crippen LogP contribution is -2.42. The lowest BCUT2D eigenvalue weighted by Gasteiger charge is -2.11. The molecule has 0 unspecified atom stereocenters. The predicted octanol–water partition coefficient (Wildman–Crippen LogP) is 1.44. The van der Waals surface area contributed by atoms with Gasteiger partial charge in [0.25, 0.3) is 0 Å². The van der Waals surface area contributed by atoms with Crippen molar-refractivity contribution in [2.24, 2.45) is 5.73 Å². The number of carbonyl (C=O) groups is 1. The molecule has 0 fully saturated rings. The van der Waals surface area contributed by atoms with Crippen LogP contribution < -0.4 is 15.6 Å². The van der Waals surface area contributed by atoms with Gasteiger partial charge in [0.1, 0.15) is 5.75 Å². The molecular formula is C12H15N2O3P. The third-order valence-electron chi connectivity index (χ3n) is 2.28. The summed E-state index contributed by atoms with van der Waals surface area (Å²) >= 11 is 0. The minimum absolute atomic E-state index is 0.215. The molecule has 1 amide bonds. The largest absolute Gasteiger partial charge is 0.408 e. The van der Waals surface area contributed by atoms with Crippen LogP contribution >= 0.6 is 8.69 Å². The second-order valence-corrected chi connectivity index (χ2v) is 3.99. The van der Waals surface area contributed by atoms with Gasteiger partial charge in [0.15, 0.2) is 0 Å². The Bertz CT molecular complexity index is 420. The van der Waals surface area contributed by atoms with Crippen LogP contribution in [0.5, 0.6) is 5.75 Å². The lowest BCUT2D eigenvalue weighted by atomic mass is 10.1. The number of hydrogen-bond acceptors (Lipinski definition) is 4. The molecule has 0 heterocycles. The summed E-state index contributed by atoms with van der Waals surface area (Å²) in [7, 11) is -0.392. The first-order chi connectivity index (χ1) is 8.67. The second kappa shape index (κ2) is 7.58. The molecule has 96 valence electrons. The summed E-state index contributed by atoms with van der Waals surface area (Å²) in [5, 5.41) is 2.63. The van der Waals surface area contributed by atoms with E-state index in [4.69, 9.17) is 10.3 Å². The van der Waals surface area contributed by atoms with Gasteiger partial charge in [-0.2, -0.15) is 0 Å². The Labute approximate surface area is 107 Å². The molecule has 0 spiro atoms. The van der Waals surface area contributed by atoms with Crippen molar-refractivity contribution in [3.05, 3.63) is 42.5 Å². The van der Waals surface area contributed by atoms with Crippen molar-refractivity contribution < 1.29 is 13.9 Å². The Morgan fingerprint density at radius 2 is 2.17 bits per heavy atom. The van der Waals surface area contributed by atoms with Crippen molar-refractivity contribution in [2.75, 3.05) is 6.54 Å². The fraction of sp³-hybridized carbons (Fsp3) is 0.250. The van der Waals surface area contributed by atoms with Crippen LogP contribution in [0.15, 0.2) is 36.9 Å². The summed E-state index contributed by atoms with van der Waals surface area (Å²) in [4.78, 5) is 11.5. The van der Waals surface area contributed by atoms with E-state index in [1.54, 1.807) is 30.3 Å². The van der Waals surface area contributed by atoms with Gasteiger partial charge in [-0.25, -0.2) is 4.57 Å². The van der Waals surface area contributed by atoms with Crippen molar-refractivity contribution in [3.63, 3.8) is 0 Å². The minimum Gasteiger partial charge on any atom is -0.408 e. The summed E-state index contributed by atoms with van der Waals surface area (Å²) in [5.74, 6) is 0.286. The summed E-state index contributed by atoms with van der Waals surface area (Å²) in [6.07, 6.45) is 2.03. The first-order valence-corrected chi connectivity index (χ1v) is 6.13. The Morgan fingerprint density at radius 3 is 2.72 bits per heavy atom. The van der Waals surface area contributed by atoms with E-state index in [-0.39, 0.29) is 5.91 Å². The average molecular weight is 266 g/mol. The maximum Gasteiger partial charge on any atom is 0.395 e. The van der Waals surface area contributed by atoms with E-state index in [9.17, 15) is 9.36 Å². The normalized spacial score (nSPS) is 11.8. The van der Waals surface area contributed by atoms with Gasteiger partial charge < -0.3 is 15.6 Å². The zero-order valence-corrected chi connectivity index (χ0v) is 10.7. The van der Waals surface area contributed by atoms with E-state index in [0.717, 1.165) is 5.56 Å². The minimum atomic E-state index is -0.602. The molecule has 1 aromatic rings. The van der Waals surface area contributed by atoms with Crippen LogP contribution in [0, 0.1) is 0 Å². The van der Waals surface area contributed by atoms with Crippen LogP contribution in [-0.4, -0.2) is 18.5 Å². The Hall–Kier alpha value is -1.71. The van der Waals surface area contributed by atoms with E-state index in [0.29, 0.717) is 18.7 Å². The molecule has 18 heavy (non-hydrogen) atoms. The molecule has 1 rings (SSSR count). The van der Waals surface area contributed by atoms with E-state index in [2.05, 4.69) is 11.9 Å². The number of hydrogen-bond donors (Lipinski definition) is 2. The van der Waals surface area contributed by atoms with E-state index < -0.39 is 14.7 Å². The number of carbonyl (C=O) groups excluding carboxylic acids is 1. The summed E-state index contributed by atoms with van der Waals surface area (Å²) in [6, 6.07) is 6.31. The molecule has 0 aliphatic carbocycles. The van der Waals surface area contributed by atoms with Crippen LogP contribution in [0.1, 0.15) is 5.56 Å². The SMILES string of the molecule is C=CCNC(=O)[C@@H](N)Cc1ccc(OP=O)cc1. The van der Waals surface area contributed by atoms with Gasteiger partial charge in [-0.15, -0.1) is 6.58 Å². The highest BCUT2D eigenvalue weighted by Gasteiger charge is 2.12. The van der Waals surface area contributed by atoms with Crippen molar-refractivity contribution in [2.45, 2.75) is 12.5 Å². The van der Waals surface area contributed by atoms with Gasteiger partial charge in [-0.1, -0.05) is 18.2 Å². The molecule has 1 atom stereocenters. The summed E-state index contributed by atoms with van der Waals surface area (Å²) in [5.41, 5.74) is 6.67. The van der Waals surface area contributed by atoms with E-state index >= 15 is 0 Å². The monoisotopic (exact) mass is 266 g/mol. The third kappa shape index (κ3) is 4.65. The van der Waals surface area contributed by atoms with Crippen LogP contribution in [0.3, 0.4) is 0 Å². The zero-order valence-electron chi connectivity index (χ0n) is 9.83. The Balaban J connectivity index is 2.53. The quantitative estimate of drug-likeness (QED) is 0.578. The van der Waals surface area contributed by atoms with E-state index in [1.807, 2.05) is 0 Å². The fourth-order valence-corrected chi connectivity index (χ4v) is 1.59. The van der Waals surface area contributed by atoms with Gasteiger partial charge in [0.05, 0.1) is 6.04 Å². The highest BCUT2D eigenvalue weighted by Crippen LogP contribution is 2.16. The third-order valence-corrected chi connectivity index (χ3v) is 2.56. The maximum atomic E-state index is 11.5. The van der Waals surface area contributed by atoms with E-state index in [1.165, 1.54) is 0 Å². The number of nitrogens with one attached hydrogen (secondary N) is 1. The molecule has 3 N–H and O–H groups in total. The van der Waals surface area contributed by atoms with Crippen molar-refractivity contribution >= 4 is 14.6 Å². The summed E-state index contributed by atoms with van der Waals surface area (Å²) < 4.78 is 15.0. The van der Waals surface area contributed by atoms with Crippen LogP contribution in [0.4, 0.5) is 0 Å². The van der Waals surface area contributed by atoms with Crippen LogP contribution in [0.25, 0.3) is 0 Å². The number of nitrogens with two attached hydrogens (primary N) is 1. The Kier molecular flexibility index (Phi) is 6.05. The standard InChI is InChI=1S/C12H15N2O3P/c1-2-7-14-12(15)11(13)8-9-3-5-10(6-4-9)17-18-16/h2-6,11H,1,7-8,13H2,(H,14,15)/t11-/m0/s1. The van der Waals surface area contributed by atoms with Gasteiger partial charge in [0, 0.05) is 6.54 Å². The Morgan fingerprint density at radius 1 is 1.50 bits per heavy atom. The highest BCUT2D eigenvalue weighted by atomic mass is 31.1. The first kappa shape index (κ1) is 14.4. The number of amides is 1. The van der Waals surface area contributed by atoms with Crippen molar-refractivity contribution in [3.8, 4) is 5.75 Å². The molecule has 0 saturated carbocycles. The summed E-state index contributed by atoms with van der Waals surface area (Å²) in [6.45, 7) is 3.91. The first-order valence-electron chi connectivity index (χ1n) is 5.40. The highest BCUT2D eigenvalue weighted by molar-refractivity contribution is 7.17. The second-order valence-electron chi connectivity index (χ2n) is 3.65. The van der Waals surface area contributed by atoms with Crippen molar-refractivity contribution in [1.82, 2.24) is 5.32 Å². The molecule has 5 nitrogen and oxygen atoms in total.